The number of nitrogens with zero attached hydrogens (tertiary/aromatic N) is 24. The third-order valence-corrected chi connectivity index (χ3v) is 28.7. The molecule has 0 unspecified atom stereocenters. The highest BCUT2D eigenvalue weighted by Gasteiger charge is 2.44. The van der Waals surface area contributed by atoms with E-state index in [2.05, 4.69) is 96.9 Å². The van der Waals surface area contributed by atoms with Gasteiger partial charge in [0.05, 0.1) is 131 Å². The van der Waals surface area contributed by atoms with Crippen LogP contribution in [0.15, 0.2) is 159 Å². The van der Waals surface area contributed by atoms with E-state index in [0.29, 0.717) is 82.8 Å². The van der Waals surface area contributed by atoms with Crippen LogP contribution in [0, 0.1) is 0 Å². The molecule has 8 aliphatic rings. The number of hydrogen-bond acceptors (Lipinski definition) is 16. The molecule has 24 rings (SSSR count). The second kappa shape index (κ2) is 35.2. The fourth-order valence-corrected chi connectivity index (χ4v) is 21.5. The van der Waals surface area contributed by atoms with E-state index in [1.165, 1.54) is 12.8 Å². The zero-order valence-electron chi connectivity index (χ0n) is 78.4. The van der Waals surface area contributed by atoms with Gasteiger partial charge in [0.1, 0.15) is 58.9 Å². The Labute approximate surface area is 783 Å². The van der Waals surface area contributed by atoms with Crippen LogP contribution in [-0.2, 0) is 73.5 Å². The average molecular weight is 1830 g/mol. The molecule has 0 spiro atoms. The molecule has 4 aliphatic carbocycles. The number of imidazole rings is 6. The number of pyridine rings is 4. The summed E-state index contributed by atoms with van der Waals surface area (Å²) in [5.41, 5.74) is 17.3. The van der Waals surface area contributed by atoms with Crippen LogP contribution in [-0.4, -0.2) is 168 Å². The summed E-state index contributed by atoms with van der Waals surface area (Å²) in [4.78, 5) is 107. The smallest absolute Gasteiger partial charge is 0.265 e. The Balaban J connectivity index is 0.000000109. The number of rotatable bonds is 14. The molecule has 696 valence electrons. The number of alkyl halides is 4. The predicted octanol–water partition coefficient (Wildman–Crippen LogP) is 19.9. The fourth-order valence-electron chi connectivity index (χ4n) is 21.5. The number of halogens is 4. The number of carbonyl (C=O) groups excluding carboxylic acids is 4. The number of carbonyl (C=O) groups is 4. The minimum atomic E-state index is -2.70. The first-order valence-electron chi connectivity index (χ1n) is 47.3. The molecule has 4 aromatic carbocycles. The van der Waals surface area contributed by atoms with Crippen LogP contribution in [0.1, 0.15) is 235 Å². The number of aromatic nitrogens is 20. The topological polar surface area (TPSA) is 275 Å². The molecule has 136 heavy (non-hydrogen) atoms. The molecule has 4 fully saturated rings. The molecule has 12 aromatic heterocycles. The molecule has 0 saturated heterocycles. The van der Waals surface area contributed by atoms with Crippen molar-refractivity contribution in [2.75, 3.05) is 28.2 Å². The minimum Gasteiger partial charge on any atom is -0.340 e. The Bertz CT molecular complexity index is 6990. The first-order chi connectivity index (χ1) is 65.7. The maximum atomic E-state index is 14.3. The van der Waals surface area contributed by atoms with Gasteiger partial charge in [-0.05, 0) is 126 Å². The van der Waals surface area contributed by atoms with Gasteiger partial charge in [0.25, 0.3) is 12.9 Å². The van der Waals surface area contributed by atoms with Crippen molar-refractivity contribution < 1.29 is 36.7 Å². The van der Waals surface area contributed by atoms with Crippen molar-refractivity contribution in [2.24, 2.45) is 28.2 Å². The Morgan fingerprint density at radius 2 is 0.632 bits per heavy atom. The monoisotopic (exact) mass is 1830 g/mol. The van der Waals surface area contributed by atoms with Gasteiger partial charge in [-0.2, -0.15) is 10.2 Å². The molecule has 4 aliphatic heterocycles. The highest BCUT2D eigenvalue weighted by atomic mass is 19.3. The number of amides is 4. The Morgan fingerprint density at radius 1 is 0.324 bits per heavy atom. The van der Waals surface area contributed by atoms with E-state index in [-0.39, 0.29) is 70.3 Å². The van der Waals surface area contributed by atoms with Gasteiger partial charge >= 0.3 is 0 Å². The van der Waals surface area contributed by atoms with Crippen LogP contribution in [0.25, 0.3) is 134 Å². The molecule has 4 amide bonds. The van der Waals surface area contributed by atoms with Crippen LogP contribution in [0.5, 0.6) is 0 Å². The lowest BCUT2D eigenvalue weighted by Gasteiger charge is -2.32. The van der Waals surface area contributed by atoms with E-state index in [1.807, 2.05) is 136 Å². The van der Waals surface area contributed by atoms with Gasteiger partial charge in [-0.3, -0.25) is 38.5 Å². The largest absolute Gasteiger partial charge is 0.340 e. The van der Waals surface area contributed by atoms with Gasteiger partial charge < -0.3 is 47.0 Å². The van der Waals surface area contributed by atoms with Gasteiger partial charge in [0.2, 0.25) is 23.6 Å². The quantitative estimate of drug-likeness (QED) is 0.0915. The minimum absolute atomic E-state index is 0.0641. The lowest BCUT2D eigenvalue weighted by Crippen LogP contribution is -2.39. The summed E-state index contributed by atoms with van der Waals surface area (Å²) in [7, 11) is 14.8. The van der Waals surface area contributed by atoms with Crippen LogP contribution in [0.3, 0.4) is 0 Å². The standard InChI is InChI=1S/2C28H30F2N6O.2C24H24N6O/c2*1-16-28(37)34(2)15-23-25(33-27(36(16)23)17-8-5-4-6-9-17)19-10-7-11-22-20(19)12-21(26(29)30)24(32-22)18-13-31-35(3)14-18;2*1-14-24(31)29(3)12-21-22(27-23(30(14)21)15-7-8-15)17-6-4-5-16-9-19(25-10-18(16)17)20-11-28(2)13-26-20/h2*7,10-14,16-17,26H,4-6,8-9,15H2,1-3H3;2*4-6,9-11,13-15H,7-8,12H2,1-3H3/t2*16-;2*14-/m1010/s1. The van der Waals surface area contributed by atoms with Crippen molar-refractivity contribution >= 4 is 67.0 Å². The SMILES string of the molecule is C[C@@H]1C(=O)N(C)Cc2c(-c3cccc4cc(-c5cn(C)cn5)ncc34)nc(C3CC3)n21.C[C@@H]1C(=O)N(C)Cc2c(-c3cccc4nc(-c5cnn(C)c5)c(C(F)F)cc34)nc(C3CCCCC3)n21.C[C@H]1C(=O)N(C)Cc2c(-c3cccc4cc(-c5cn(C)cn5)ncc34)nc(C3CC3)n21.C[C@H]1C(=O)N(C)Cc2c(-c3cccc4nc(-c5cnn(C)c5)c(C(F)F)cc34)nc(C3CCCCC3)n21. The van der Waals surface area contributed by atoms with Crippen molar-refractivity contribution in [3.05, 3.63) is 216 Å². The van der Waals surface area contributed by atoms with E-state index in [1.54, 1.807) is 96.9 Å². The van der Waals surface area contributed by atoms with Crippen LogP contribution >= 0.6 is 0 Å². The zero-order chi connectivity index (χ0) is 94.2. The normalized spacial score (nSPS) is 18.7. The highest BCUT2D eigenvalue weighted by molar-refractivity contribution is 6.01. The number of aryl methyl sites for hydroxylation is 4. The van der Waals surface area contributed by atoms with Crippen molar-refractivity contribution in [1.82, 2.24) is 116 Å². The Hall–Kier alpha value is -14.2. The van der Waals surface area contributed by atoms with Gasteiger partial charge in [0.15, 0.2) is 0 Å². The number of hydrogen-bond donors (Lipinski definition) is 0. The molecule has 4 atom stereocenters. The van der Waals surface area contributed by atoms with Crippen molar-refractivity contribution in [3.63, 3.8) is 0 Å². The van der Waals surface area contributed by atoms with Crippen molar-refractivity contribution in [3.8, 4) is 90.3 Å². The first kappa shape index (κ1) is 88.4. The number of likely N-dealkylation sites (N-methyl/N-ethyl adjacent to an activating group) is 4. The van der Waals surface area contributed by atoms with E-state index in [0.717, 1.165) is 212 Å². The van der Waals surface area contributed by atoms with E-state index < -0.39 is 12.9 Å². The summed E-state index contributed by atoms with van der Waals surface area (Å²) in [5, 5.41) is 13.9. The van der Waals surface area contributed by atoms with Crippen molar-refractivity contribution in [1.29, 1.82) is 0 Å². The maximum absolute atomic E-state index is 14.3. The molecule has 28 nitrogen and oxygen atoms in total. The van der Waals surface area contributed by atoms with E-state index >= 15 is 0 Å². The summed E-state index contributed by atoms with van der Waals surface area (Å²) in [6, 6.07) is 30.1. The van der Waals surface area contributed by atoms with E-state index in [4.69, 9.17) is 29.9 Å². The fraction of sp³-hybridized carbons (Fsp3) is 0.385. The van der Waals surface area contributed by atoms with E-state index in [9.17, 15) is 36.7 Å². The number of benzene rings is 4. The van der Waals surface area contributed by atoms with Crippen LogP contribution in [0.4, 0.5) is 17.6 Å². The third-order valence-electron chi connectivity index (χ3n) is 28.7. The lowest BCUT2D eigenvalue weighted by atomic mass is 9.88. The third kappa shape index (κ3) is 15.9. The summed E-state index contributed by atoms with van der Waals surface area (Å²) in [5.74, 6) is 5.98. The van der Waals surface area contributed by atoms with Crippen LogP contribution < -0.4 is 0 Å². The van der Waals surface area contributed by atoms with Gasteiger partial charge in [0, 0.05) is 183 Å². The predicted molar refractivity (Wildman–Crippen MR) is 511 cm³/mol. The van der Waals surface area contributed by atoms with Gasteiger partial charge in [-0.25, -0.2) is 57.4 Å². The molecule has 0 N–H and O–H groups in total. The molecule has 16 heterocycles. The number of fused-ring (bicyclic) bond motifs is 8. The Morgan fingerprint density at radius 3 is 0.919 bits per heavy atom. The second-order valence-electron chi connectivity index (χ2n) is 38.3. The summed E-state index contributed by atoms with van der Waals surface area (Å²) in [6.45, 7) is 9.85. The Kier molecular flexibility index (Phi) is 22.9. The lowest BCUT2D eigenvalue weighted by molar-refractivity contribution is -0.136. The molecular weight excluding hydrogens is 1730 g/mol. The molecular formula is C104H108F4N24O4. The van der Waals surface area contributed by atoms with Gasteiger partial charge in [-0.1, -0.05) is 99.2 Å². The maximum Gasteiger partial charge on any atom is 0.265 e. The zero-order valence-corrected chi connectivity index (χ0v) is 78.4. The van der Waals surface area contributed by atoms with Crippen LogP contribution in [0.2, 0.25) is 0 Å². The summed E-state index contributed by atoms with van der Waals surface area (Å²) >= 11 is 0. The average Bonchev–Trinajstić information content (AvgIpc) is 1.58. The molecule has 32 heteroatoms. The molecule has 4 saturated carbocycles. The van der Waals surface area contributed by atoms with Gasteiger partial charge in [-0.15, -0.1) is 0 Å². The molecule has 16 aromatic rings. The highest BCUT2D eigenvalue weighted by Crippen LogP contribution is 2.51. The molecule has 0 radical (unpaired) electrons. The molecule has 0 bridgehead atoms. The van der Waals surface area contributed by atoms with Crippen molar-refractivity contribution in [2.45, 2.75) is 204 Å². The second-order valence-corrected chi connectivity index (χ2v) is 38.3. The first-order valence-corrected chi connectivity index (χ1v) is 47.3. The summed E-state index contributed by atoms with van der Waals surface area (Å²) < 4.78 is 72.9. The summed E-state index contributed by atoms with van der Waals surface area (Å²) in [6.07, 6.45) is 28.3.